The van der Waals surface area contributed by atoms with Gasteiger partial charge in [-0.1, -0.05) is 15.9 Å². The maximum absolute atomic E-state index is 10.9. The van der Waals surface area contributed by atoms with Crippen LogP contribution in [-0.2, 0) is 4.79 Å². The highest BCUT2D eigenvalue weighted by atomic mass is 79.9. The quantitative estimate of drug-likeness (QED) is 0.908. The van der Waals surface area contributed by atoms with Gasteiger partial charge in [0.15, 0.2) is 0 Å². The molecule has 0 saturated carbocycles. The van der Waals surface area contributed by atoms with Gasteiger partial charge in [0.1, 0.15) is 6.07 Å². The minimum atomic E-state index is -0.761. The second-order valence-electron chi connectivity index (χ2n) is 4.04. The summed E-state index contributed by atoms with van der Waals surface area (Å²) in [5.41, 5.74) is 1.39. The fourth-order valence-corrected chi connectivity index (χ4v) is 2.42. The monoisotopic (exact) mass is 294 g/mol. The molecule has 0 bridgehead atoms. The Bertz CT molecular complexity index is 496. The van der Waals surface area contributed by atoms with Gasteiger partial charge in [-0.2, -0.15) is 5.26 Å². The van der Waals surface area contributed by atoms with Gasteiger partial charge in [-0.05, 0) is 24.6 Å². The molecule has 4 nitrogen and oxygen atoms in total. The van der Waals surface area contributed by atoms with Crippen molar-refractivity contribution in [3.05, 3.63) is 28.2 Å². The fourth-order valence-electron chi connectivity index (χ4n) is 2.05. The van der Waals surface area contributed by atoms with Crippen molar-refractivity contribution in [2.24, 2.45) is 5.92 Å². The van der Waals surface area contributed by atoms with Crippen LogP contribution in [0.25, 0.3) is 0 Å². The normalized spacial score (nSPS) is 19.1. The average molecular weight is 295 g/mol. The number of rotatable bonds is 2. The third kappa shape index (κ3) is 2.42. The molecule has 1 heterocycles. The summed E-state index contributed by atoms with van der Waals surface area (Å²) < 4.78 is 0.854. The van der Waals surface area contributed by atoms with Gasteiger partial charge in [0.25, 0.3) is 0 Å². The Hall–Kier alpha value is -1.54. The molecule has 88 valence electrons. The number of benzene rings is 1. The van der Waals surface area contributed by atoms with Crippen LogP contribution in [0.4, 0.5) is 5.69 Å². The van der Waals surface area contributed by atoms with Crippen LogP contribution in [0.1, 0.15) is 12.0 Å². The van der Waals surface area contributed by atoms with Crippen molar-refractivity contribution in [2.45, 2.75) is 6.42 Å². The molecular formula is C12H11BrN2O2. The predicted octanol–water partition coefficient (Wildman–Crippen LogP) is 2.23. The summed E-state index contributed by atoms with van der Waals surface area (Å²) in [7, 11) is 0. The molecule has 1 unspecified atom stereocenters. The van der Waals surface area contributed by atoms with Crippen LogP contribution < -0.4 is 4.90 Å². The molecule has 1 aliphatic heterocycles. The maximum Gasteiger partial charge on any atom is 0.308 e. The lowest BCUT2D eigenvalue weighted by Crippen LogP contribution is -2.23. The topological polar surface area (TPSA) is 64.3 Å². The van der Waals surface area contributed by atoms with Crippen LogP contribution in [0.5, 0.6) is 0 Å². The fraction of sp³-hybridized carbons (Fsp3) is 0.333. The summed E-state index contributed by atoms with van der Waals surface area (Å²) in [5, 5.41) is 18.0. The van der Waals surface area contributed by atoms with E-state index >= 15 is 0 Å². The minimum Gasteiger partial charge on any atom is -0.481 e. The second kappa shape index (κ2) is 4.76. The van der Waals surface area contributed by atoms with Gasteiger partial charge in [0, 0.05) is 17.6 Å². The average Bonchev–Trinajstić information content (AvgIpc) is 2.78. The van der Waals surface area contributed by atoms with Crippen molar-refractivity contribution in [3.63, 3.8) is 0 Å². The van der Waals surface area contributed by atoms with Crippen molar-refractivity contribution >= 4 is 27.6 Å². The van der Waals surface area contributed by atoms with Crippen molar-refractivity contribution < 1.29 is 9.90 Å². The molecule has 0 spiro atoms. The molecule has 1 atom stereocenters. The molecule has 1 N–H and O–H groups in total. The Morgan fingerprint density at radius 1 is 1.59 bits per heavy atom. The number of halogens is 1. The number of anilines is 1. The number of carboxylic acids is 1. The van der Waals surface area contributed by atoms with Crippen LogP contribution >= 0.6 is 15.9 Å². The summed E-state index contributed by atoms with van der Waals surface area (Å²) in [4.78, 5) is 12.8. The Labute approximate surface area is 108 Å². The Kier molecular flexibility index (Phi) is 3.34. The Morgan fingerprint density at radius 3 is 2.94 bits per heavy atom. The molecule has 0 amide bonds. The third-order valence-corrected chi connectivity index (χ3v) is 3.45. The van der Waals surface area contributed by atoms with Crippen LogP contribution in [0.3, 0.4) is 0 Å². The minimum absolute atomic E-state index is 0.329. The van der Waals surface area contributed by atoms with Crippen LogP contribution in [0.15, 0.2) is 22.7 Å². The molecule has 1 aliphatic rings. The summed E-state index contributed by atoms with van der Waals surface area (Å²) in [6, 6.07) is 7.61. The van der Waals surface area contributed by atoms with Crippen molar-refractivity contribution in [3.8, 4) is 6.07 Å². The molecule has 0 aliphatic carbocycles. The van der Waals surface area contributed by atoms with Gasteiger partial charge in [0.05, 0.1) is 17.2 Å². The SMILES string of the molecule is N#Cc1cc(Br)ccc1N1CCC(C(=O)O)C1. The zero-order valence-corrected chi connectivity index (χ0v) is 10.6. The first-order valence-corrected chi connectivity index (χ1v) is 6.08. The van der Waals surface area contributed by atoms with E-state index in [9.17, 15) is 4.79 Å². The van der Waals surface area contributed by atoms with E-state index in [4.69, 9.17) is 10.4 Å². The van der Waals surface area contributed by atoms with Gasteiger partial charge in [-0.25, -0.2) is 0 Å². The maximum atomic E-state index is 10.9. The Balaban J connectivity index is 2.25. The summed E-state index contributed by atoms with van der Waals surface area (Å²) in [6.07, 6.45) is 0.635. The zero-order valence-electron chi connectivity index (χ0n) is 9.06. The van der Waals surface area contributed by atoms with Gasteiger partial charge >= 0.3 is 5.97 Å². The van der Waals surface area contributed by atoms with Crippen molar-refractivity contribution in [1.29, 1.82) is 5.26 Å². The van der Waals surface area contributed by atoms with Gasteiger partial charge in [0.2, 0.25) is 0 Å². The second-order valence-corrected chi connectivity index (χ2v) is 4.96. The predicted molar refractivity (Wildman–Crippen MR) is 66.8 cm³/mol. The van der Waals surface area contributed by atoms with E-state index in [-0.39, 0.29) is 5.92 Å². The summed E-state index contributed by atoms with van der Waals surface area (Å²) >= 11 is 3.32. The summed E-state index contributed by atoms with van der Waals surface area (Å²) in [5.74, 6) is -1.09. The van der Waals surface area contributed by atoms with E-state index in [0.717, 1.165) is 10.2 Å². The van der Waals surface area contributed by atoms with Crippen molar-refractivity contribution in [1.82, 2.24) is 0 Å². The summed E-state index contributed by atoms with van der Waals surface area (Å²) in [6.45, 7) is 1.17. The molecule has 0 aromatic heterocycles. The van der Waals surface area contributed by atoms with E-state index < -0.39 is 5.97 Å². The number of nitrogens with zero attached hydrogens (tertiary/aromatic N) is 2. The number of aliphatic carboxylic acids is 1. The first-order chi connectivity index (χ1) is 8.11. The lowest BCUT2D eigenvalue weighted by molar-refractivity contribution is -0.140. The number of hydrogen-bond acceptors (Lipinski definition) is 3. The molecule has 17 heavy (non-hydrogen) atoms. The highest BCUT2D eigenvalue weighted by molar-refractivity contribution is 9.10. The van der Waals surface area contributed by atoms with Gasteiger partial charge in [-0.3, -0.25) is 4.79 Å². The molecule has 1 aromatic carbocycles. The van der Waals surface area contributed by atoms with Gasteiger partial charge < -0.3 is 10.0 Å². The van der Waals surface area contributed by atoms with Gasteiger partial charge in [-0.15, -0.1) is 0 Å². The molecule has 1 saturated heterocycles. The molecule has 1 fully saturated rings. The number of hydrogen-bond donors (Lipinski definition) is 1. The number of carbonyl (C=O) groups is 1. The number of carboxylic acid groups (broad SMARTS) is 1. The van der Waals surface area contributed by atoms with Crippen LogP contribution in [0.2, 0.25) is 0 Å². The zero-order chi connectivity index (χ0) is 12.4. The molecule has 5 heteroatoms. The highest BCUT2D eigenvalue weighted by Crippen LogP contribution is 2.28. The van der Waals surface area contributed by atoms with E-state index in [1.807, 2.05) is 17.0 Å². The first-order valence-electron chi connectivity index (χ1n) is 5.29. The number of nitriles is 1. The molecular weight excluding hydrogens is 284 g/mol. The Morgan fingerprint density at radius 2 is 2.35 bits per heavy atom. The highest BCUT2D eigenvalue weighted by Gasteiger charge is 2.29. The smallest absolute Gasteiger partial charge is 0.308 e. The van der Waals surface area contributed by atoms with E-state index in [1.54, 1.807) is 6.07 Å². The van der Waals surface area contributed by atoms with Crippen LogP contribution in [0, 0.1) is 17.2 Å². The van der Waals surface area contributed by atoms with E-state index in [2.05, 4.69) is 22.0 Å². The lowest BCUT2D eigenvalue weighted by atomic mass is 10.1. The molecule has 2 rings (SSSR count). The standard InChI is InChI=1S/C12H11BrN2O2/c13-10-1-2-11(9(5-10)6-14)15-4-3-8(7-15)12(16)17/h1-2,5,8H,3-4,7H2,(H,16,17). The van der Waals surface area contributed by atoms with Crippen molar-refractivity contribution in [2.75, 3.05) is 18.0 Å². The largest absolute Gasteiger partial charge is 0.481 e. The first kappa shape index (κ1) is 11.9. The lowest BCUT2D eigenvalue weighted by Gasteiger charge is -2.19. The van der Waals surface area contributed by atoms with E-state index in [0.29, 0.717) is 25.1 Å². The third-order valence-electron chi connectivity index (χ3n) is 2.96. The molecule has 1 aromatic rings. The van der Waals surface area contributed by atoms with E-state index in [1.165, 1.54) is 0 Å². The molecule has 0 radical (unpaired) electrons. The van der Waals surface area contributed by atoms with Crippen LogP contribution in [-0.4, -0.2) is 24.2 Å².